The van der Waals surface area contributed by atoms with Gasteiger partial charge in [0.1, 0.15) is 0 Å². The standard InChI is InChI=1S/C22H27N5O3S/c1-23-31(29,30)17-21-11-7-6-10-20(21)13-24-22(28)26(2)14-19-12-25-27(16-19)15-18-8-4-3-5-9-18/h3-12,16,23H,13-15,17H2,1-2H3,(H,24,28). The Bertz CT molecular complexity index is 1110. The van der Waals surface area contributed by atoms with Crippen LogP contribution in [-0.2, 0) is 35.4 Å². The fourth-order valence-corrected chi connectivity index (χ4v) is 3.98. The summed E-state index contributed by atoms with van der Waals surface area (Å²) in [5, 5.41) is 7.22. The number of nitrogens with one attached hydrogen (secondary N) is 2. The van der Waals surface area contributed by atoms with Crippen molar-refractivity contribution < 1.29 is 13.2 Å². The zero-order valence-electron chi connectivity index (χ0n) is 17.7. The minimum Gasteiger partial charge on any atom is -0.334 e. The Labute approximate surface area is 182 Å². The third kappa shape index (κ3) is 6.66. The number of hydrogen-bond acceptors (Lipinski definition) is 4. The highest BCUT2D eigenvalue weighted by atomic mass is 32.2. The van der Waals surface area contributed by atoms with Crippen LogP contribution in [0.4, 0.5) is 4.79 Å². The van der Waals surface area contributed by atoms with E-state index in [4.69, 9.17) is 0 Å². The van der Waals surface area contributed by atoms with E-state index in [0.29, 0.717) is 18.7 Å². The SMILES string of the molecule is CNS(=O)(=O)Cc1ccccc1CNC(=O)N(C)Cc1cnn(Cc2ccccc2)c1. The highest BCUT2D eigenvalue weighted by Gasteiger charge is 2.14. The Kier molecular flexibility index (Phi) is 7.43. The maximum atomic E-state index is 12.5. The molecule has 2 aromatic carbocycles. The van der Waals surface area contributed by atoms with Crippen molar-refractivity contribution >= 4 is 16.1 Å². The van der Waals surface area contributed by atoms with Crippen molar-refractivity contribution in [3.63, 3.8) is 0 Å². The van der Waals surface area contributed by atoms with Crippen LogP contribution < -0.4 is 10.0 Å². The number of sulfonamides is 1. The van der Waals surface area contributed by atoms with Crippen LogP contribution in [0.5, 0.6) is 0 Å². The van der Waals surface area contributed by atoms with Crippen molar-refractivity contribution in [3.05, 3.63) is 89.2 Å². The number of benzene rings is 2. The number of amides is 2. The molecule has 164 valence electrons. The van der Waals surface area contributed by atoms with Gasteiger partial charge in [-0.05, 0) is 23.7 Å². The van der Waals surface area contributed by atoms with E-state index >= 15 is 0 Å². The van der Waals surface area contributed by atoms with Crippen molar-refractivity contribution in [2.24, 2.45) is 0 Å². The molecule has 0 saturated heterocycles. The lowest BCUT2D eigenvalue weighted by Gasteiger charge is -2.18. The number of carbonyl (C=O) groups excluding carboxylic acids is 1. The van der Waals surface area contributed by atoms with Crippen LogP contribution in [0.1, 0.15) is 22.3 Å². The first-order chi connectivity index (χ1) is 14.9. The van der Waals surface area contributed by atoms with Gasteiger partial charge in [0, 0.05) is 25.4 Å². The maximum Gasteiger partial charge on any atom is 0.317 e. The zero-order chi connectivity index (χ0) is 22.3. The van der Waals surface area contributed by atoms with Crippen LogP contribution in [0.15, 0.2) is 67.0 Å². The molecule has 8 nitrogen and oxygen atoms in total. The van der Waals surface area contributed by atoms with Crippen molar-refractivity contribution in [1.29, 1.82) is 0 Å². The van der Waals surface area contributed by atoms with Gasteiger partial charge in [-0.25, -0.2) is 17.9 Å². The van der Waals surface area contributed by atoms with Gasteiger partial charge in [0.25, 0.3) is 0 Å². The molecular weight excluding hydrogens is 414 g/mol. The molecule has 0 radical (unpaired) electrons. The van der Waals surface area contributed by atoms with E-state index in [1.54, 1.807) is 30.3 Å². The minimum absolute atomic E-state index is 0.133. The van der Waals surface area contributed by atoms with Gasteiger partial charge in [0.15, 0.2) is 0 Å². The topological polar surface area (TPSA) is 96.3 Å². The molecule has 0 aliphatic rings. The summed E-state index contributed by atoms with van der Waals surface area (Å²) in [6, 6.07) is 17.0. The first-order valence-corrected chi connectivity index (χ1v) is 11.5. The third-order valence-corrected chi connectivity index (χ3v) is 6.16. The summed E-state index contributed by atoms with van der Waals surface area (Å²) >= 11 is 0. The van der Waals surface area contributed by atoms with Crippen LogP contribution >= 0.6 is 0 Å². The van der Waals surface area contributed by atoms with E-state index in [1.165, 1.54) is 7.05 Å². The lowest BCUT2D eigenvalue weighted by Crippen LogP contribution is -2.36. The molecule has 1 aromatic heterocycles. The fourth-order valence-electron chi connectivity index (χ4n) is 3.14. The highest BCUT2D eigenvalue weighted by molar-refractivity contribution is 7.88. The first kappa shape index (κ1) is 22.5. The molecule has 0 unspecified atom stereocenters. The lowest BCUT2D eigenvalue weighted by atomic mass is 10.1. The number of urea groups is 1. The average molecular weight is 442 g/mol. The Hall–Kier alpha value is -3.17. The van der Waals surface area contributed by atoms with Crippen LogP contribution in [0.25, 0.3) is 0 Å². The number of nitrogens with zero attached hydrogens (tertiary/aromatic N) is 3. The first-order valence-electron chi connectivity index (χ1n) is 9.88. The molecule has 9 heteroatoms. The number of aromatic nitrogens is 2. The molecule has 3 rings (SSSR count). The summed E-state index contributed by atoms with van der Waals surface area (Å²) in [5.41, 5.74) is 3.50. The summed E-state index contributed by atoms with van der Waals surface area (Å²) in [5.74, 6) is -0.133. The minimum atomic E-state index is -3.39. The van der Waals surface area contributed by atoms with Crippen LogP contribution in [0.2, 0.25) is 0 Å². The Balaban J connectivity index is 1.55. The van der Waals surface area contributed by atoms with Gasteiger partial charge >= 0.3 is 6.03 Å². The van der Waals surface area contributed by atoms with Crippen LogP contribution in [-0.4, -0.2) is 43.2 Å². The molecule has 0 fully saturated rings. The highest BCUT2D eigenvalue weighted by Crippen LogP contribution is 2.12. The molecule has 3 aromatic rings. The summed E-state index contributed by atoms with van der Waals surface area (Å²) in [6.45, 7) is 1.32. The van der Waals surface area contributed by atoms with Crippen LogP contribution in [0.3, 0.4) is 0 Å². The monoisotopic (exact) mass is 441 g/mol. The number of rotatable bonds is 9. The third-order valence-electron chi connectivity index (χ3n) is 4.85. The molecule has 1 heterocycles. The van der Waals surface area contributed by atoms with Gasteiger partial charge in [-0.1, -0.05) is 54.6 Å². The molecule has 0 saturated carbocycles. The van der Waals surface area contributed by atoms with Crippen molar-refractivity contribution in [2.45, 2.75) is 25.4 Å². The second kappa shape index (κ2) is 10.2. The summed E-state index contributed by atoms with van der Waals surface area (Å²) in [6.07, 6.45) is 3.68. The van der Waals surface area contributed by atoms with E-state index in [9.17, 15) is 13.2 Å². The molecule has 31 heavy (non-hydrogen) atoms. The Morgan fingerprint density at radius 2 is 1.71 bits per heavy atom. The normalized spacial score (nSPS) is 11.3. The molecular formula is C22H27N5O3S. The fraction of sp³-hybridized carbons (Fsp3) is 0.273. The smallest absolute Gasteiger partial charge is 0.317 e. The molecule has 0 aliphatic carbocycles. The second-order valence-corrected chi connectivity index (χ2v) is 9.20. The molecule has 0 atom stereocenters. The predicted octanol–water partition coefficient (Wildman–Crippen LogP) is 2.32. The largest absolute Gasteiger partial charge is 0.334 e. The van der Waals surface area contributed by atoms with Gasteiger partial charge in [-0.2, -0.15) is 5.10 Å². The molecule has 0 spiro atoms. The molecule has 2 N–H and O–H groups in total. The van der Waals surface area contributed by atoms with E-state index in [2.05, 4.69) is 15.1 Å². The lowest BCUT2D eigenvalue weighted by molar-refractivity contribution is 0.206. The Morgan fingerprint density at radius 1 is 1.03 bits per heavy atom. The molecule has 2 amide bonds. The zero-order valence-corrected chi connectivity index (χ0v) is 18.5. The van der Waals surface area contributed by atoms with Crippen molar-refractivity contribution in [3.8, 4) is 0 Å². The number of carbonyl (C=O) groups is 1. The van der Waals surface area contributed by atoms with Crippen molar-refractivity contribution in [2.75, 3.05) is 14.1 Å². The van der Waals surface area contributed by atoms with Crippen molar-refractivity contribution in [1.82, 2.24) is 24.7 Å². The van der Waals surface area contributed by atoms with Gasteiger partial charge < -0.3 is 10.2 Å². The van der Waals surface area contributed by atoms with Crippen LogP contribution in [0, 0.1) is 0 Å². The molecule has 0 bridgehead atoms. The van der Waals surface area contributed by atoms with E-state index in [0.717, 1.165) is 16.7 Å². The van der Waals surface area contributed by atoms with E-state index in [-0.39, 0.29) is 18.3 Å². The summed E-state index contributed by atoms with van der Waals surface area (Å²) in [4.78, 5) is 14.1. The number of hydrogen-bond donors (Lipinski definition) is 2. The van der Waals surface area contributed by atoms with E-state index < -0.39 is 10.0 Å². The summed E-state index contributed by atoms with van der Waals surface area (Å²) < 4.78 is 27.9. The predicted molar refractivity (Wildman–Crippen MR) is 120 cm³/mol. The molecule has 0 aliphatic heterocycles. The quantitative estimate of drug-likeness (QED) is 0.533. The Morgan fingerprint density at radius 3 is 2.42 bits per heavy atom. The van der Waals surface area contributed by atoms with Gasteiger partial charge in [0.2, 0.25) is 10.0 Å². The van der Waals surface area contributed by atoms with Gasteiger partial charge in [-0.15, -0.1) is 0 Å². The van der Waals surface area contributed by atoms with Gasteiger partial charge in [0.05, 0.1) is 25.0 Å². The maximum absolute atomic E-state index is 12.5. The van der Waals surface area contributed by atoms with E-state index in [1.807, 2.05) is 53.3 Å². The van der Waals surface area contributed by atoms with Gasteiger partial charge in [-0.3, -0.25) is 4.68 Å². The average Bonchev–Trinajstić information content (AvgIpc) is 3.20. The summed E-state index contributed by atoms with van der Waals surface area (Å²) in [7, 11) is -0.298. The second-order valence-electron chi connectivity index (χ2n) is 7.28.